The number of ether oxygens (including phenoxy) is 2. The third kappa shape index (κ3) is 4.06. The molecule has 0 saturated carbocycles. The van der Waals surface area contributed by atoms with Crippen molar-refractivity contribution in [3.8, 4) is 5.75 Å². The first kappa shape index (κ1) is 16.0. The first-order chi connectivity index (χ1) is 10.6. The molecule has 0 amide bonds. The molecule has 114 valence electrons. The molecule has 0 N–H and O–H groups in total. The number of rotatable bonds is 6. The molecule has 0 radical (unpaired) electrons. The molecular weight excluding hydrogens is 276 g/mol. The van der Waals surface area contributed by atoms with Crippen LogP contribution in [0.5, 0.6) is 5.75 Å². The van der Waals surface area contributed by atoms with Gasteiger partial charge in [0.05, 0.1) is 13.7 Å². The Morgan fingerprint density at radius 2 is 1.95 bits per heavy atom. The van der Waals surface area contributed by atoms with Crippen molar-refractivity contribution in [2.24, 2.45) is 0 Å². The lowest BCUT2D eigenvalue weighted by Crippen LogP contribution is -1.99. The van der Waals surface area contributed by atoms with Gasteiger partial charge in [0.1, 0.15) is 5.75 Å². The van der Waals surface area contributed by atoms with E-state index in [-0.39, 0.29) is 5.78 Å². The van der Waals surface area contributed by atoms with E-state index in [4.69, 9.17) is 9.47 Å². The molecule has 0 aliphatic carbocycles. The summed E-state index contributed by atoms with van der Waals surface area (Å²) in [5.41, 5.74) is 3.66. The van der Waals surface area contributed by atoms with Crippen molar-refractivity contribution in [1.29, 1.82) is 0 Å². The highest BCUT2D eigenvalue weighted by Crippen LogP contribution is 2.21. The average molecular weight is 296 g/mol. The second-order valence-electron chi connectivity index (χ2n) is 5.07. The van der Waals surface area contributed by atoms with Crippen molar-refractivity contribution in [1.82, 2.24) is 0 Å². The molecule has 2 aromatic carbocycles. The largest absolute Gasteiger partial charge is 0.496 e. The van der Waals surface area contributed by atoms with Gasteiger partial charge in [0.2, 0.25) is 0 Å². The van der Waals surface area contributed by atoms with Gasteiger partial charge in [-0.1, -0.05) is 35.9 Å². The number of aryl methyl sites for hydroxylation is 1. The fourth-order valence-electron chi connectivity index (χ4n) is 2.24. The number of hydrogen-bond acceptors (Lipinski definition) is 3. The number of carbonyl (C=O) groups is 1. The summed E-state index contributed by atoms with van der Waals surface area (Å²) in [5, 5.41) is 0. The molecule has 0 saturated heterocycles. The van der Waals surface area contributed by atoms with Gasteiger partial charge in [-0.2, -0.15) is 0 Å². The molecule has 2 aromatic rings. The van der Waals surface area contributed by atoms with E-state index in [1.54, 1.807) is 32.4 Å². The van der Waals surface area contributed by atoms with Crippen LogP contribution in [-0.2, 0) is 11.3 Å². The second-order valence-corrected chi connectivity index (χ2v) is 5.07. The smallest absolute Gasteiger partial charge is 0.185 e. The van der Waals surface area contributed by atoms with Gasteiger partial charge in [-0.15, -0.1) is 0 Å². The van der Waals surface area contributed by atoms with Crippen molar-refractivity contribution >= 4 is 11.9 Å². The summed E-state index contributed by atoms with van der Waals surface area (Å²) in [7, 11) is 3.22. The van der Waals surface area contributed by atoms with Crippen LogP contribution in [0.2, 0.25) is 0 Å². The van der Waals surface area contributed by atoms with Crippen molar-refractivity contribution in [2.75, 3.05) is 14.2 Å². The Morgan fingerprint density at radius 3 is 2.64 bits per heavy atom. The van der Waals surface area contributed by atoms with Gasteiger partial charge in [-0.05, 0) is 36.8 Å². The Kier molecular flexibility index (Phi) is 5.50. The summed E-state index contributed by atoms with van der Waals surface area (Å²) < 4.78 is 10.4. The molecule has 22 heavy (non-hydrogen) atoms. The van der Waals surface area contributed by atoms with Gasteiger partial charge in [-0.3, -0.25) is 4.79 Å². The van der Waals surface area contributed by atoms with E-state index in [0.29, 0.717) is 12.2 Å². The number of allylic oxidation sites excluding steroid dienone is 1. The third-order valence-electron chi connectivity index (χ3n) is 3.33. The molecule has 0 aliphatic heterocycles. The fourth-order valence-corrected chi connectivity index (χ4v) is 2.24. The zero-order valence-electron chi connectivity index (χ0n) is 13.1. The Labute approximate surface area is 131 Å². The normalized spacial score (nSPS) is 10.9. The van der Waals surface area contributed by atoms with Crippen LogP contribution in [0.15, 0.2) is 48.5 Å². The third-order valence-corrected chi connectivity index (χ3v) is 3.33. The quantitative estimate of drug-likeness (QED) is 0.596. The van der Waals surface area contributed by atoms with E-state index in [1.807, 2.05) is 43.3 Å². The summed E-state index contributed by atoms with van der Waals surface area (Å²) in [4.78, 5) is 12.3. The summed E-state index contributed by atoms with van der Waals surface area (Å²) in [6, 6.07) is 13.4. The Bertz CT molecular complexity index is 687. The van der Waals surface area contributed by atoms with Gasteiger partial charge < -0.3 is 9.47 Å². The SMILES string of the molecule is COCc1cc(C(=O)/C=C/c2cccc(C)c2)ccc1OC. The Hall–Kier alpha value is -2.39. The average Bonchev–Trinajstić information content (AvgIpc) is 2.53. The van der Waals surface area contributed by atoms with Crippen LogP contribution in [-0.4, -0.2) is 20.0 Å². The molecule has 0 unspecified atom stereocenters. The van der Waals surface area contributed by atoms with Gasteiger partial charge in [-0.25, -0.2) is 0 Å². The first-order valence-corrected chi connectivity index (χ1v) is 7.09. The topological polar surface area (TPSA) is 35.5 Å². The minimum absolute atomic E-state index is 0.0403. The monoisotopic (exact) mass is 296 g/mol. The molecule has 0 aromatic heterocycles. The Morgan fingerprint density at radius 1 is 1.14 bits per heavy atom. The van der Waals surface area contributed by atoms with Gasteiger partial charge in [0.15, 0.2) is 5.78 Å². The zero-order chi connectivity index (χ0) is 15.9. The number of carbonyl (C=O) groups excluding carboxylic acids is 1. The van der Waals surface area contributed by atoms with Crippen LogP contribution < -0.4 is 4.74 Å². The summed E-state index contributed by atoms with van der Waals surface area (Å²) in [5.74, 6) is 0.683. The van der Waals surface area contributed by atoms with E-state index in [2.05, 4.69) is 0 Å². The maximum Gasteiger partial charge on any atom is 0.185 e. The zero-order valence-corrected chi connectivity index (χ0v) is 13.1. The van der Waals surface area contributed by atoms with Crippen LogP contribution in [0.1, 0.15) is 27.0 Å². The molecule has 0 aliphatic rings. The number of hydrogen-bond donors (Lipinski definition) is 0. The van der Waals surface area contributed by atoms with Crippen LogP contribution in [0.3, 0.4) is 0 Å². The first-order valence-electron chi connectivity index (χ1n) is 7.09. The molecule has 0 spiro atoms. The number of benzene rings is 2. The maximum absolute atomic E-state index is 12.3. The van der Waals surface area contributed by atoms with E-state index in [9.17, 15) is 4.79 Å². The number of methoxy groups -OCH3 is 2. The van der Waals surface area contributed by atoms with E-state index in [1.165, 1.54) is 5.56 Å². The van der Waals surface area contributed by atoms with Gasteiger partial charge in [0, 0.05) is 18.2 Å². The molecule has 0 fully saturated rings. The standard InChI is InChI=1S/C19H20O3/c1-14-5-4-6-15(11-14)7-9-18(20)16-8-10-19(22-3)17(12-16)13-21-2/h4-12H,13H2,1-3H3/b9-7+. The molecule has 0 atom stereocenters. The molecule has 2 rings (SSSR count). The fraction of sp³-hybridized carbons (Fsp3) is 0.211. The van der Waals surface area contributed by atoms with Crippen molar-refractivity contribution in [3.05, 3.63) is 70.8 Å². The molecule has 0 bridgehead atoms. The van der Waals surface area contributed by atoms with Crippen LogP contribution in [0, 0.1) is 6.92 Å². The summed E-state index contributed by atoms with van der Waals surface area (Å²) in [6.45, 7) is 2.44. The highest BCUT2D eigenvalue weighted by Gasteiger charge is 2.08. The number of ketones is 1. The van der Waals surface area contributed by atoms with Crippen molar-refractivity contribution in [2.45, 2.75) is 13.5 Å². The predicted octanol–water partition coefficient (Wildman–Crippen LogP) is 4.05. The van der Waals surface area contributed by atoms with Crippen molar-refractivity contribution < 1.29 is 14.3 Å². The highest BCUT2D eigenvalue weighted by molar-refractivity contribution is 6.07. The summed E-state index contributed by atoms with van der Waals surface area (Å²) in [6.07, 6.45) is 3.42. The maximum atomic E-state index is 12.3. The van der Waals surface area contributed by atoms with Crippen LogP contribution >= 0.6 is 0 Å². The van der Waals surface area contributed by atoms with Crippen LogP contribution in [0.25, 0.3) is 6.08 Å². The Balaban J connectivity index is 2.20. The lowest BCUT2D eigenvalue weighted by Gasteiger charge is -2.08. The van der Waals surface area contributed by atoms with E-state index in [0.717, 1.165) is 16.9 Å². The van der Waals surface area contributed by atoms with Crippen molar-refractivity contribution in [3.63, 3.8) is 0 Å². The molecule has 0 heterocycles. The lowest BCUT2D eigenvalue weighted by atomic mass is 10.0. The van der Waals surface area contributed by atoms with Gasteiger partial charge >= 0.3 is 0 Å². The molecule has 3 heteroatoms. The molecule has 3 nitrogen and oxygen atoms in total. The van der Waals surface area contributed by atoms with E-state index >= 15 is 0 Å². The predicted molar refractivity (Wildman–Crippen MR) is 88.3 cm³/mol. The summed E-state index contributed by atoms with van der Waals surface area (Å²) >= 11 is 0. The second kappa shape index (κ2) is 7.57. The van der Waals surface area contributed by atoms with E-state index < -0.39 is 0 Å². The van der Waals surface area contributed by atoms with Gasteiger partial charge in [0.25, 0.3) is 0 Å². The lowest BCUT2D eigenvalue weighted by molar-refractivity contribution is 0.104. The minimum atomic E-state index is -0.0403. The van der Waals surface area contributed by atoms with Crippen LogP contribution in [0.4, 0.5) is 0 Å². The minimum Gasteiger partial charge on any atom is -0.496 e. The molecular formula is C19H20O3. The highest BCUT2D eigenvalue weighted by atomic mass is 16.5.